The molecule has 0 radical (unpaired) electrons. The van der Waals surface area contributed by atoms with Gasteiger partial charge >= 0.3 is 0 Å². The average Bonchev–Trinajstić information content (AvgIpc) is 3.27. The Hall–Kier alpha value is -5.46. The number of nitrogens with one attached hydrogen (secondary N) is 2. The fourth-order valence-electron chi connectivity index (χ4n) is 6.70. The van der Waals surface area contributed by atoms with Crippen LogP contribution in [-0.4, -0.2) is 49.4 Å². The predicted octanol–water partition coefficient (Wildman–Crippen LogP) is 11.1. The average molecular weight is 955 g/mol. The number of rotatable bonds is 16. The molecule has 4 aromatic carbocycles. The van der Waals surface area contributed by atoms with E-state index in [4.69, 9.17) is 55.9 Å². The van der Waals surface area contributed by atoms with Crippen molar-refractivity contribution in [2.75, 3.05) is 32.6 Å². The van der Waals surface area contributed by atoms with Crippen LogP contribution >= 0.6 is 46.4 Å². The normalized spacial score (nSPS) is 10.5. The van der Waals surface area contributed by atoms with Gasteiger partial charge in [0.05, 0.1) is 30.7 Å². The highest BCUT2D eigenvalue weighted by Gasteiger charge is 2.19. The smallest absolute Gasteiger partial charge is 0.220 e. The quantitative estimate of drug-likeness (QED) is 0.0567. The number of methoxy groups -OCH3 is 2. The van der Waals surface area contributed by atoms with Crippen LogP contribution in [0.25, 0.3) is 22.3 Å². The number of nitrogens with zero attached hydrogens (tertiary/aromatic N) is 2. The van der Waals surface area contributed by atoms with E-state index in [1.165, 1.54) is 20.4 Å². The lowest BCUT2D eigenvalue weighted by molar-refractivity contribution is -0.614. The molecule has 2 heterocycles. The molecule has 64 heavy (non-hydrogen) atoms. The minimum atomic E-state index is -0.417. The van der Waals surface area contributed by atoms with E-state index in [0.717, 1.165) is 16.0 Å². The molecule has 2 amide bonds. The van der Waals surface area contributed by atoms with Crippen molar-refractivity contribution in [2.45, 2.75) is 52.4 Å². The molecule has 338 valence electrons. The summed E-state index contributed by atoms with van der Waals surface area (Å²) in [4.78, 5) is 27.6. The van der Waals surface area contributed by atoms with Gasteiger partial charge in [-0.05, 0) is 96.6 Å². The van der Waals surface area contributed by atoms with E-state index < -0.39 is 5.82 Å². The summed E-state index contributed by atoms with van der Waals surface area (Å²) in [6.45, 7) is 4.91. The van der Waals surface area contributed by atoms with Gasteiger partial charge in [-0.2, -0.15) is 4.73 Å². The maximum absolute atomic E-state index is 15.4. The molecule has 9 nitrogen and oxygen atoms in total. The lowest BCUT2D eigenvalue weighted by Gasteiger charge is -2.14. The largest absolute Gasteiger partial charge is 0.618 e. The standard InChI is InChI=1S/C24H24ClFN2O3.C24H24ClFN2O2.CH2Cl2/c1-3-27-22(29)12-10-20-9-7-16(15-28(20)30)13-18-8-11-21(31-2)23(24(18)26)17-5-4-6-19(25)14-17;1-3-27-22(29)12-10-20-9-7-16(15-28-20)13-18-8-11-21(30-2)23(24(18)26)17-5-4-6-19(25)14-17;2-1-3/h4-9,11,14-15H,3,10,12-13H2,1-2H3,(H,27,29);4-9,11,14-15H,3,10,12-13H2,1-2H3,(H,27,29);1H2. The maximum atomic E-state index is 15.4. The Morgan fingerprint density at radius 2 is 1.17 bits per heavy atom. The number of ether oxygens (including phenoxy) is 2. The predicted molar refractivity (Wildman–Crippen MR) is 253 cm³/mol. The van der Waals surface area contributed by atoms with Crippen LogP contribution in [0.5, 0.6) is 11.5 Å². The van der Waals surface area contributed by atoms with Crippen molar-refractivity contribution in [3.63, 3.8) is 0 Å². The van der Waals surface area contributed by atoms with Gasteiger partial charge < -0.3 is 25.3 Å². The second-order valence-electron chi connectivity index (χ2n) is 14.1. The molecule has 0 unspecified atom stereocenters. The second-order valence-corrected chi connectivity index (χ2v) is 15.8. The van der Waals surface area contributed by atoms with E-state index in [2.05, 4.69) is 15.6 Å². The van der Waals surface area contributed by atoms with Gasteiger partial charge in [-0.3, -0.25) is 14.6 Å². The molecule has 6 rings (SSSR count). The van der Waals surface area contributed by atoms with E-state index in [1.54, 1.807) is 85.1 Å². The molecule has 15 heteroatoms. The van der Waals surface area contributed by atoms with E-state index >= 15 is 8.78 Å². The van der Waals surface area contributed by atoms with Crippen LogP contribution in [0.4, 0.5) is 8.78 Å². The highest BCUT2D eigenvalue weighted by Crippen LogP contribution is 2.37. The first-order valence-electron chi connectivity index (χ1n) is 20.4. The van der Waals surface area contributed by atoms with Gasteiger partial charge in [0.15, 0.2) is 11.9 Å². The molecular formula is C49H50Cl4F2N4O5. The first kappa shape index (κ1) is 51.2. The lowest BCUT2D eigenvalue weighted by Crippen LogP contribution is -2.33. The summed E-state index contributed by atoms with van der Waals surface area (Å²) < 4.78 is 42.3. The fraction of sp³-hybridized carbons (Fsp3) is 0.265. The molecule has 0 fully saturated rings. The zero-order chi connectivity index (χ0) is 46.6. The molecular weight excluding hydrogens is 904 g/mol. The van der Waals surface area contributed by atoms with Gasteiger partial charge in [0, 0.05) is 78.8 Å². The number of pyridine rings is 2. The summed E-state index contributed by atoms with van der Waals surface area (Å²) in [6.07, 6.45) is 5.34. The Bertz CT molecular complexity index is 2480. The van der Waals surface area contributed by atoms with Gasteiger partial charge in [-0.25, -0.2) is 8.78 Å². The monoisotopic (exact) mass is 952 g/mol. The zero-order valence-electron chi connectivity index (χ0n) is 36.0. The number of hydrogen-bond donors (Lipinski definition) is 2. The van der Waals surface area contributed by atoms with Crippen molar-refractivity contribution >= 4 is 58.2 Å². The third kappa shape index (κ3) is 15.1. The van der Waals surface area contributed by atoms with Crippen molar-refractivity contribution in [3.8, 4) is 33.8 Å². The number of aryl methyl sites for hydroxylation is 2. The Kier molecular flexibility index (Phi) is 21.1. The lowest BCUT2D eigenvalue weighted by atomic mass is 9.97. The van der Waals surface area contributed by atoms with Crippen molar-refractivity contribution in [2.24, 2.45) is 0 Å². The number of hydrogen-bond acceptors (Lipinski definition) is 6. The van der Waals surface area contributed by atoms with Crippen LogP contribution in [0.1, 0.15) is 60.3 Å². The highest BCUT2D eigenvalue weighted by molar-refractivity contribution is 6.40. The molecule has 0 saturated heterocycles. The van der Waals surface area contributed by atoms with Crippen molar-refractivity contribution in [3.05, 3.63) is 170 Å². The molecule has 2 N–H and O–H groups in total. The molecule has 0 aliphatic heterocycles. The van der Waals surface area contributed by atoms with Crippen LogP contribution in [-0.2, 0) is 35.3 Å². The van der Waals surface area contributed by atoms with E-state index in [9.17, 15) is 14.8 Å². The van der Waals surface area contributed by atoms with Crippen molar-refractivity contribution < 1.29 is 32.6 Å². The molecule has 0 aliphatic carbocycles. The Balaban J connectivity index is 0.000000265. The Morgan fingerprint density at radius 3 is 1.61 bits per heavy atom. The van der Waals surface area contributed by atoms with Crippen LogP contribution in [0.3, 0.4) is 0 Å². The SMILES string of the molecule is CCNC(=O)CCc1ccc(Cc2ccc(OC)c(-c3cccc(Cl)c3)c2F)c[n+]1[O-].CCNC(=O)CCc1ccc(Cc2ccc(OC)c(-c3cccc(Cl)c3)c2F)cn1.ClCCl. The number of carbonyl (C=O) groups is 2. The summed E-state index contributed by atoms with van der Waals surface area (Å²) in [5.41, 5.74) is 5.86. The van der Waals surface area contributed by atoms with Gasteiger partial charge in [-0.1, -0.05) is 65.7 Å². The first-order chi connectivity index (χ1) is 30.8. The molecule has 0 bridgehead atoms. The first-order valence-corrected chi connectivity index (χ1v) is 22.2. The third-order valence-electron chi connectivity index (χ3n) is 9.73. The third-order valence-corrected chi connectivity index (χ3v) is 10.2. The number of benzene rings is 4. The number of halogens is 6. The van der Waals surface area contributed by atoms with E-state index in [-0.39, 0.29) is 35.8 Å². The summed E-state index contributed by atoms with van der Waals surface area (Å²) in [7, 11) is 3.01. The van der Waals surface area contributed by atoms with Gasteiger partial charge in [-0.15, -0.1) is 23.2 Å². The fourth-order valence-corrected chi connectivity index (χ4v) is 7.08. The number of aromatic nitrogens is 2. The molecule has 0 atom stereocenters. The molecule has 6 aromatic rings. The van der Waals surface area contributed by atoms with Crippen LogP contribution in [0, 0.1) is 16.8 Å². The number of carbonyl (C=O) groups excluding carboxylic acids is 2. The van der Waals surface area contributed by atoms with E-state index in [0.29, 0.717) is 105 Å². The highest BCUT2D eigenvalue weighted by atomic mass is 35.5. The Morgan fingerprint density at radius 1 is 0.688 bits per heavy atom. The van der Waals surface area contributed by atoms with Crippen molar-refractivity contribution in [1.29, 1.82) is 0 Å². The van der Waals surface area contributed by atoms with Crippen molar-refractivity contribution in [1.82, 2.24) is 15.6 Å². The summed E-state index contributed by atoms with van der Waals surface area (Å²) in [6, 6.07) is 28.1. The van der Waals surface area contributed by atoms with Crippen LogP contribution < -0.4 is 24.8 Å². The number of amides is 2. The number of alkyl halides is 2. The van der Waals surface area contributed by atoms with Gasteiger partial charge in [0.25, 0.3) is 0 Å². The second kappa shape index (κ2) is 26.4. The van der Waals surface area contributed by atoms with Crippen LogP contribution in [0.2, 0.25) is 10.0 Å². The van der Waals surface area contributed by atoms with Gasteiger partial charge in [0.1, 0.15) is 23.1 Å². The summed E-state index contributed by atoms with van der Waals surface area (Å²) in [5.74, 6) is 0.0226. The van der Waals surface area contributed by atoms with Crippen LogP contribution in [0.15, 0.2) is 109 Å². The maximum Gasteiger partial charge on any atom is 0.220 e. The molecule has 0 aliphatic rings. The molecule has 2 aromatic heterocycles. The summed E-state index contributed by atoms with van der Waals surface area (Å²) in [5, 5.41) is 19.1. The Labute approximate surface area is 393 Å². The zero-order valence-corrected chi connectivity index (χ0v) is 39.0. The minimum absolute atomic E-state index is 0.0113. The minimum Gasteiger partial charge on any atom is -0.618 e. The summed E-state index contributed by atoms with van der Waals surface area (Å²) >= 11 is 21.7. The molecule has 0 saturated carbocycles. The van der Waals surface area contributed by atoms with Gasteiger partial charge in [0.2, 0.25) is 11.8 Å². The molecule has 0 spiro atoms. The topological polar surface area (TPSA) is 116 Å². The van der Waals surface area contributed by atoms with E-state index in [1.807, 2.05) is 32.0 Å².